The van der Waals surface area contributed by atoms with Crippen LogP contribution in [0.2, 0.25) is 0 Å². The molecule has 1 saturated heterocycles. The summed E-state index contributed by atoms with van der Waals surface area (Å²) in [5.41, 5.74) is 3.91. The highest BCUT2D eigenvalue weighted by Crippen LogP contribution is 2.50. The van der Waals surface area contributed by atoms with Gasteiger partial charge < -0.3 is 19.5 Å². The first-order valence-corrected chi connectivity index (χ1v) is 13.0. The van der Waals surface area contributed by atoms with Crippen LogP contribution < -0.4 is 14.8 Å². The highest BCUT2D eigenvalue weighted by molar-refractivity contribution is 5.36. The summed E-state index contributed by atoms with van der Waals surface area (Å²) in [6, 6.07) is 6.69. The molecular weight excluding hydrogens is 426 g/mol. The van der Waals surface area contributed by atoms with E-state index in [1.165, 1.54) is 56.2 Å². The summed E-state index contributed by atoms with van der Waals surface area (Å²) in [4.78, 5) is 9.45. The topological polar surface area (TPSA) is 65.5 Å². The molecule has 0 unspecified atom stereocenters. The van der Waals surface area contributed by atoms with Crippen LogP contribution in [0.1, 0.15) is 86.9 Å². The molecule has 1 atom stereocenters. The number of hydrogen-bond acceptors (Lipinski definition) is 6. The zero-order valence-corrected chi connectivity index (χ0v) is 20.8. The zero-order valence-electron chi connectivity index (χ0n) is 20.8. The summed E-state index contributed by atoms with van der Waals surface area (Å²) in [6.45, 7) is 2.52. The maximum absolute atomic E-state index is 6.43. The van der Waals surface area contributed by atoms with Crippen LogP contribution in [0.15, 0.2) is 30.6 Å². The second-order valence-electron chi connectivity index (χ2n) is 10.5. The summed E-state index contributed by atoms with van der Waals surface area (Å²) in [5.74, 6) is 1.91. The molecule has 2 saturated carbocycles. The van der Waals surface area contributed by atoms with Crippen molar-refractivity contribution in [1.29, 1.82) is 0 Å². The fourth-order valence-electron chi connectivity index (χ4n) is 6.25. The Hall–Kier alpha value is -2.18. The van der Waals surface area contributed by atoms with Crippen LogP contribution in [0.25, 0.3) is 0 Å². The molecule has 0 amide bonds. The monoisotopic (exact) mass is 465 g/mol. The number of nitrogens with one attached hydrogen (secondary N) is 1. The lowest BCUT2D eigenvalue weighted by molar-refractivity contribution is -0.104. The number of hydrogen-bond donors (Lipinski definition) is 1. The molecule has 34 heavy (non-hydrogen) atoms. The van der Waals surface area contributed by atoms with E-state index in [1.54, 1.807) is 14.2 Å². The van der Waals surface area contributed by atoms with Crippen molar-refractivity contribution in [2.75, 3.05) is 27.4 Å². The molecule has 0 radical (unpaired) electrons. The van der Waals surface area contributed by atoms with Gasteiger partial charge in [-0.1, -0.05) is 25.3 Å². The molecule has 6 heteroatoms. The van der Waals surface area contributed by atoms with Crippen molar-refractivity contribution in [2.45, 2.75) is 87.7 Å². The second-order valence-corrected chi connectivity index (χ2v) is 10.5. The van der Waals surface area contributed by atoms with Crippen molar-refractivity contribution in [3.05, 3.63) is 47.4 Å². The second kappa shape index (κ2) is 10.2. The first kappa shape index (κ1) is 23.6. The smallest absolute Gasteiger partial charge is 0.256 e. The maximum atomic E-state index is 6.43. The van der Waals surface area contributed by atoms with E-state index < -0.39 is 0 Å². The molecule has 6 nitrogen and oxygen atoms in total. The summed E-state index contributed by atoms with van der Waals surface area (Å²) >= 11 is 0. The molecule has 1 aliphatic heterocycles. The molecule has 1 N–H and O–H groups in total. The van der Waals surface area contributed by atoms with E-state index in [9.17, 15) is 0 Å². The molecule has 3 heterocycles. The van der Waals surface area contributed by atoms with E-state index in [0.717, 1.165) is 50.4 Å². The Morgan fingerprint density at radius 1 is 1.03 bits per heavy atom. The zero-order chi connectivity index (χ0) is 23.4. The van der Waals surface area contributed by atoms with E-state index in [4.69, 9.17) is 19.2 Å². The molecule has 0 bridgehead atoms. The van der Waals surface area contributed by atoms with Crippen LogP contribution in [0.5, 0.6) is 11.6 Å². The highest BCUT2D eigenvalue weighted by Gasteiger charge is 2.48. The predicted molar refractivity (Wildman–Crippen MR) is 133 cm³/mol. The minimum atomic E-state index is 0.0554. The van der Waals surface area contributed by atoms with Crippen molar-refractivity contribution in [1.82, 2.24) is 15.3 Å². The summed E-state index contributed by atoms with van der Waals surface area (Å²) in [7, 11) is 3.26. The lowest BCUT2D eigenvalue weighted by Crippen LogP contribution is -2.47. The first-order valence-electron chi connectivity index (χ1n) is 13.0. The third-order valence-corrected chi connectivity index (χ3v) is 8.47. The number of ether oxygens (including phenoxy) is 3. The van der Waals surface area contributed by atoms with Gasteiger partial charge in [-0.25, -0.2) is 4.98 Å². The Bertz CT molecular complexity index is 954. The van der Waals surface area contributed by atoms with Crippen molar-refractivity contribution in [3.63, 3.8) is 0 Å². The molecular formula is C28H39N3O3. The third kappa shape index (κ3) is 4.80. The number of pyridine rings is 2. The average molecular weight is 466 g/mol. The molecule has 0 aromatic carbocycles. The first-order chi connectivity index (χ1) is 16.7. The van der Waals surface area contributed by atoms with Crippen molar-refractivity contribution < 1.29 is 14.2 Å². The minimum Gasteiger partial charge on any atom is -0.491 e. The Morgan fingerprint density at radius 3 is 2.56 bits per heavy atom. The summed E-state index contributed by atoms with van der Waals surface area (Å²) < 4.78 is 17.1. The molecule has 1 spiro atoms. The molecule has 2 aliphatic carbocycles. The van der Waals surface area contributed by atoms with Gasteiger partial charge in [-0.15, -0.1) is 0 Å². The number of methoxy groups -OCH3 is 2. The van der Waals surface area contributed by atoms with Gasteiger partial charge in [0.15, 0.2) is 5.75 Å². The number of nitrogens with zero attached hydrogens (tertiary/aromatic N) is 2. The van der Waals surface area contributed by atoms with Gasteiger partial charge in [0.05, 0.1) is 19.8 Å². The molecule has 3 fully saturated rings. The number of rotatable bonds is 9. The van der Waals surface area contributed by atoms with Crippen LogP contribution in [-0.4, -0.2) is 42.9 Å². The van der Waals surface area contributed by atoms with Crippen molar-refractivity contribution in [3.8, 4) is 11.6 Å². The lowest BCUT2D eigenvalue weighted by Gasteiger charge is -2.46. The van der Waals surface area contributed by atoms with Gasteiger partial charge in [-0.05, 0) is 80.7 Å². The van der Waals surface area contributed by atoms with Crippen LogP contribution in [0.3, 0.4) is 0 Å². The van der Waals surface area contributed by atoms with Gasteiger partial charge in [-0.2, -0.15) is 0 Å². The molecule has 5 rings (SSSR count). The quantitative estimate of drug-likeness (QED) is 0.507. The van der Waals surface area contributed by atoms with Crippen molar-refractivity contribution in [2.24, 2.45) is 0 Å². The van der Waals surface area contributed by atoms with Crippen LogP contribution in [0.4, 0.5) is 0 Å². The Labute approximate surface area is 203 Å². The van der Waals surface area contributed by atoms with E-state index in [0.29, 0.717) is 11.6 Å². The molecule has 3 aliphatic rings. The Balaban J connectivity index is 1.29. The molecule has 2 aromatic heterocycles. The maximum Gasteiger partial charge on any atom is 0.256 e. The van der Waals surface area contributed by atoms with E-state index >= 15 is 0 Å². The summed E-state index contributed by atoms with van der Waals surface area (Å²) in [5, 5.41) is 3.65. The van der Waals surface area contributed by atoms with Crippen LogP contribution in [0, 0.1) is 0 Å². The third-order valence-electron chi connectivity index (χ3n) is 8.47. The molecule has 2 aromatic rings. The minimum absolute atomic E-state index is 0.0554. The van der Waals surface area contributed by atoms with Gasteiger partial charge in [0, 0.05) is 36.7 Å². The predicted octanol–water partition coefficient (Wildman–Crippen LogP) is 5.30. The van der Waals surface area contributed by atoms with Crippen molar-refractivity contribution >= 4 is 0 Å². The van der Waals surface area contributed by atoms with E-state index in [-0.39, 0.29) is 11.0 Å². The summed E-state index contributed by atoms with van der Waals surface area (Å²) in [6.07, 6.45) is 16.2. The van der Waals surface area contributed by atoms with Gasteiger partial charge in [-0.3, -0.25) is 4.98 Å². The number of aromatic nitrogens is 2. The van der Waals surface area contributed by atoms with E-state index in [2.05, 4.69) is 28.6 Å². The standard InChI is InChI=1S/C28H39N3O3/c1-32-24-16-21(18-31-26(24)33-2)17-29-14-12-27(13-15-34-28(20-27)10-3-4-11-28)25-9-8-23(19-30-25)22-6-5-7-22/h8-9,16,18-19,22,29H,3-7,10-15,17,20H2,1-2H3/t27-/m1/s1. The lowest BCUT2D eigenvalue weighted by atomic mass is 9.67. The van der Waals surface area contributed by atoms with Crippen LogP contribution >= 0.6 is 0 Å². The van der Waals surface area contributed by atoms with Crippen LogP contribution in [-0.2, 0) is 16.7 Å². The average Bonchev–Trinajstić information content (AvgIpc) is 3.28. The van der Waals surface area contributed by atoms with Gasteiger partial charge in [0.2, 0.25) is 0 Å². The Kier molecular flexibility index (Phi) is 7.07. The highest BCUT2D eigenvalue weighted by atomic mass is 16.5. The molecule has 184 valence electrons. The Morgan fingerprint density at radius 2 is 1.88 bits per heavy atom. The van der Waals surface area contributed by atoms with E-state index in [1.807, 2.05) is 12.3 Å². The van der Waals surface area contributed by atoms with Gasteiger partial charge in [0.25, 0.3) is 5.88 Å². The largest absolute Gasteiger partial charge is 0.491 e. The fraction of sp³-hybridized carbons (Fsp3) is 0.643. The fourth-order valence-corrected chi connectivity index (χ4v) is 6.25. The van der Waals surface area contributed by atoms with Gasteiger partial charge >= 0.3 is 0 Å². The van der Waals surface area contributed by atoms with Gasteiger partial charge in [0.1, 0.15) is 0 Å². The SMILES string of the molecule is COc1cc(CNCC[C@@]2(c3ccc(C4CCC4)cn3)CCOC3(CCCC3)C2)cnc1OC. The normalized spacial score (nSPS) is 24.2.